The van der Waals surface area contributed by atoms with E-state index in [9.17, 15) is 4.79 Å². The number of carbonyl (C=O) groups is 1. The third kappa shape index (κ3) is 2.68. The second-order valence-corrected chi connectivity index (χ2v) is 4.99. The molecule has 0 aliphatic rings. The van der Waals surface area contributed by atoms with Gasteiger partial charge in [-0.1, -0.05) is 12.1 Å². The predicted molar refractivity (Wildman–Crippen MR) is 73.6 cm³/mol. The van der Waals surface area contributed by atoms with E-state index in [2.05, 4.69) is 10.3 Å². The van der Waals surface area contributed by atoms with Crippen molar-refractivity contribution in [3.63, 3.8) is 0 Å². The van der Waals surface area contributed by atoms with Crippen LogP contribution < -0.4 is 11.1 Å². The van der Waals surface area contributed by atoms with Crippen LogP contribution in [-0.4, -0.2) is 10.9 Å². The molecule has 2 rings (SSSR count). The Kier molecular flexibility index (Phi) is 3.62. The first-order chi connectivity index (χ1) is 8.58. The van der Waals surface area contributed by atoms with Crippen LogP contribution >= 0.6 is 11.3 Å². The summed E-state index contributed by atoms with van der Waals surface area (Å²) < 4.78 is 0. The van der Waals surface area contributed by atoms with Gasteiger partial charge in [0.15, 0.2) is 0 Å². The highest BCUT2D eigenvalue weighted by atomic mass is 32.1. The minimum Gasteiger partial charge on any atom is -0.399 e. The molecule has 2 aromatic rings. The van der Waals surface area contributed by atoms with Crippen molar-refractivity contribution in [2.45, 2.75) is 19.9 Å². The van der Waals surface area contributed by atoms with Crippen molar-refractivity contribution in [1.82, 2.24) is 10.3 Å². The summed E-state index contributed by atoms with van der Waals surface area (Å²) in [4.78, 5) is 16.8. The number of nitrogens with one attached hydrogen (secondary N) is 1. The van der Waals surface area contributed by atoms with Gasteiger partial charge >= 0.3 is 0 Å². The average Bonchev–Trinajstić information content (AvgIpc) is 2.75. The fraction of sp³-hybridized carbons (Fsp3) is 0.231. The molecule has 0 radical (unpaired) electrons. The molecule has 0 aliphatic carbocycles. The number of benzene rings is 1. The second kappa shape index (κ2) is 5.18. The number of nitrogen functional groups attached to an aromatic ring is 1. The molecule has 1 heterocycles. The average molecular weight is 261 g/mol. The minimum atomic E-state index is -0.0927. The lowest BCUT2D eigenvalue weighted by molar-refractivity contribution is 0.0943. The van der Waals surface area contributed by atoms with Crippen molar-refractivity contribution in [1.29, 1.82) is 0 Å². The van der Waals surface area contributed by atoms with Crippen molar-refractivity contribution < 1.29 is 4.79 Å². The molecule has 5 heteroatoms. The standard InChI is InChI=1S/C13H15N3OS/c1-8(10-4-3-5-11(14)6-10)16-13(17)12-9(2)15-7-18-12/h3-8H,14H2,1-2H3,(H,16,17). The quantitative estimate of drug-likeness (QED) is 0.834. The molecule has 0 spiro atoms. The van der Waals surface area contributed by atoms with E-state index in [-0.39, 0.29) is 11.9 Å². The summed E-state index contributed by atoms with van der Waals surface area (Å²) in [6, 6.07) is 7.43. The van der Waals surface area contributed by atoms with Crippen LogP contribution in [-0.2, 0) is 0 Å². The van der Waals surface area contributed by atoms with E-state index in [0.717, 1.165) is 11.3 Å². The summed E-state index contributed by atoms with van der Waals surface area (Å²) in [6.07, 6.45) is 0. The number of aromatic nitrogens is 1. The van der Waals surface area contributed by atoms with Crippen molar-refractivity contribution >= 4 is 22.9 Å². The Morgan fingerprint density at radius 2 is 2.28 bits per heavy atom. The second-order valence-electron chi connectivity index (χ2n) is 4.13. The van der Waals surface area contributed by atoms with Gasteiger partial charge in [0.05, 0.1) is 17.2 Å². The molecule has 94 valence electrons. The Labute approximate surface area is 110 Å². The third-order valence-electron chi connectivity index (χ3n) is 2.71. The monoisotopic (exact) mass is 261 g/mol. The number of anilines is 1. The summed E-state index contributed by atoms with van der Waals surface area (Å²) in [5.41, 5.74) is 9.85. The highest BCUT2D eigenvalue weighted by molar-refractivity contribution is 7.11. The Balaban J connectivity index is 2.10. The largest absolute Gasteiger partial charge is 0.399 e. The van der Waals surface area contributed by atoms with E-state index < -0.39 is 0 Å². The molecule has 0 bridgehead atoms. The Morgan fingerprint density at radius 3 is 2.89 bits per heavy atom. The first kappa shape index (κ1) is 12.6. The van der Waals surface area contributed by atoms with Crippen molar-refractivity contribution in [3.05, 3.63) is 45.9 Å². The minimum absolute atomic E-state index is 0.0810. The number of hydrogen-bond donors (Lipinski definition) is 2. The fourth-order valence-corrected chi connectivity index (χ4v) is 2.40. The lowest BCUT2D eigenvalue weighted by Crippen LogP contribution is -2.26. The van der Waals surface area contributed by atoms with Gasteiger partial charge in [-0.3, -0.25) is 4.79 Å². The smallest absolute Gasteiger partial charge is 0.263 e. The molecule has 1 aromatic carbocycles. The molecule has 18 heavy (non-hydrogen) atoms. The van der Waals surface area contributed by atoms with E-state index in [0.29, 0.717) is 10.6 Å². The normalized spacial score (nSPS) is 12.1. The zero-order valence-corrected chi connectivity index (χ0v) is 11.1. The fourth-order valence-electron chi connectivity index (χ4n) is 1.69. The molecule has 0 saturated heterocycles. The SMILES string of the molecule is Cc1ncsc1C(=O)NC(C)c1cccc(N)c1. The lowest BCUT2D eigenvalue weighted by Gasteiger charge is -2.14. The van der Waals surface area contributed by atoms with Crippen LogP contribution in [0.25, 0.3) is 0 Å². The topological polar surface area (TPSA) is 68.0 Å². The molecule has 1 unspecified atom stereocenters. The number of thiazole rings is 1. The number of carbonyl (C=O) groups excluding carboxylic acids is 1. The van der Waals surface area contributed by atoms with Gasteiger partial charge in [0.1, 0.15) is 4.88 Å². The molecule has 0 saturated carbocycles. The maximum atomic E-state index is 12.0. The van der Waals surface area contributed by atoms with Gasteiger partial charge in [0.2, 0.25) is 0 Å². The van der Waals surface area contributed by atoms with E-state index >= 15 is 0 Å². The van der Waals surface area contributed by atoms with E-state index in [1.807, 2.05) is 38.1 Å². The molecular formula is C13H15N3OS. The van der Waals surface area contributed by atoms with Crippen molar-refractivity contribution in [2.75, 3.05) is 5.73 Å². The van der Waals surface area contributed by atoms with Gasteiger partial charge in [0, 0.05) is 5.69 Å². The molecule has 0 fully saturated rings. The van der Waals surface area contributed by atoms with Crippen molar-refractivity contribution in [3.8, 4) is 0 Å². The first-order valence-electron chi connectivity index (χ1n) is 5.64. The van der Waals surface area contributed by atoms with Crippen LogP contribution in [0.1, 0.15) is 33.9 Å². The number of rotatable bonds is 3. The molecular weight excluding hydrogens is 246 g/mol. The van der Waals surface area contributed by atoms with E-state index in [1.165, 1.54) is 11.3 Å². The zero-order valence-electron chi connectivity index (χ0n) is 10.3. The molecule has 1 amide bonds. The van der Waals surface area contributed by atoms with Crippen LogP contribution in [0, 0.1) is 6.92 Å². The van der Waals surface area contributed by atoms with Gasteiger partial charge in [-0.05, 0) is 31.5 Å². The highest BCUT2D eigenvalue weighted by Gasteiger charge is 2.15. The van der Waals surface area contributed by atoms with Crippen LogP contribution in [0.15, 0.2) is 29.8 Å². The van der Waals surface area contributed by atoms with Gasteiger partial charge in [-0.2, -0.15) is 0 Å². The van der Waals surface area contributed by atoms with Crippen LogP contribution in [0.3, 0.4) is 0 Å². The van der Waals surface area contributed by atoms with Crippen LogP contribution in [0.5, 0.6) is 0 Å². The van der Waals surface area contributed by atoms with Gasteiger partial charge in [-0.25, -0.2) is 4.98 Å². The third-order valence-corrected chi connectivity index (χ3v) is 3.64. The predicted octanol–water partition coefficient (Wildman–Crippen LogP) is 2.52. The molecule has 1 atom stereocenters. The van der Waals surface area contributed by atoms with Gasteiger partial charge in [-0.15, -0.1) is 11.3 Å². The van der Waals surface area contributed by atoms with Crippen LogP contribution in [0.4, 0.5) is 5.69 Å². The number of nitrogens with two attached hydrogens (primary N) is 1. The van der Waals surface area contributed by atoms with Gasteiger partial charge in [0.25, 0.3) is 5.91 Å². The number of aryl methyl sites for hydroxylation is 1. The summed E-state index contributed by atoms with van der Waals surface area (Å²) in [5, 5.41) is 2.94. The Bertz CT molecular complexity index is 565. The summed E-state index contributed by atoms with van der Waals surface area (Å²) in [6.45, 7) is 3.76. The van der Waals surface area contributed by atoms with Crippen LogP contribution in [0.2, 0.25) is 0 Å². The number of amides is 1. The maximum absolute atomic E-state index is 12.0. The summed E-state index contributed by atoms with van der Waals surface area (Å²) in [5.74, 6) is -0.0927. The summed E-state index contributed by atoms with van der Waals surface area (Å²) >= 11 is 1.35. The summed E-state index contributed by atoms with van der Waals surface area (Å²) in [7, 11) is 0. The van der Waals surface area contributed by atoms with E-state index in [1.54, 1.807) is 5.51 Å². The maximum Gasteiger partial charge on any atom is 0.263 e. The molecule has 3 N–H and O–H groups in total. The Hall–Kier alpha value is -1.88. The zero-order chi connectivity index (χ0) is 13.1. The molecule has 4 nitrogen and oxygen atoms in total. The van der Waals surface area contributed by atoms with E-state index in [4.69, 9.17) is 5.73 Å². The first-order valence-corrected chi connectivity index (χ1v) is 6.52. The highest BCUT2D eigenvalue weighted by Crippen LogP contribution is 2.18. The lowest BCUT2D eigenvalue weighted by atomic mass is 10.1. The Morgan fingerprint density at radius 1 is 1.50 bits per heavy atom. The number of hydrogen-bond acceptors (Lipinski definition) is 4. The number of nitrogens with zero attached hydrogens (tertiary/aromatic N) is 1. The molecule has 0 aliphatic heterocycles. The van der Waals surface area contributed by atoms with Crippen molar-refractivity contribution in [2.24, 2.45) is 0 Å². The van der Waals surface area contributed by atoms with Gasteiger partial charge < -0.3 is 11.1 Å². The molecule has 1 aromatic heterocycles.